The van der Waals surface area contributed by atoms with Gasteiger partial charge in [0, 0.05) is 38.1 Å². The lowest BCUT2D eigenvalue weighted by molar-refractivity contribution is 0.599. The smallest absolute Gasteiger partial charge is 0.249 e. The fourth-order valence-electron chi connectivity index (χ4n) is 3.09. The molecule has 0 bridgehead atoms. The molecule has 1 saturated heterocycles. The first-order valence-electron chi connectivity index (χ1n) is 8.59. The summed E-state index contributed by atoms with van der Waals surface area (Å²) in [6.07, 6.45) is 2.20. The molecule has 0 radical (unpaired) electrons. The molecule has 1 atom stereocenters. The van der Waals surface area contributed by atoms with E-state index >= 15 is 0 Å². The molecule has 140 valence electrons. The van der Waals surface area contributed by atoms with E-state index in [1.165, 1.54) is 0 Å². The Balaban J connectivity index is 1.76. The third kappa shape index (κ3) is 4.21. The van der Waals surface area contributed by atoms with Crippen molar-refractivity contribution in [2.24, 2.45) is 0 Å². The van der Waals surface area contributed by atoms with Gasteiger partial charge in [-0.25, -0.2) is 8.42 Å². The summed E-state index contributed by atoms with van der Waals surface area (Å²) in [6.45, 7) is 2.65. The van der Waals surface area contributed by atoms with Crippen LogP contribution >= 0.6 is 0 Å². The van der Waals surface area contributed by atoms with Crippen LogP contribution in [0.3, 0.4) is 0 Å². The van der Waals surface area contributed by atoms with Gasteiger partial charge in [0.15, 0.2) is 15.7 Å². The van der Waals surface area contributed by atoms with Crippen LogP contribution in [0, 0.1) is 0 Å². The molecular formula is C17H24N6O2S. The molecule has 1 N–H and O–H groups in total. The summed E-state index contributed by atoms with van der Waals surface area (Å²) in [4.78, 5) is 8.54. The van der Waals surface area contributed by atoms with Crippen molar-refractivity contribution in [3.8, 4) is 0 Å². The summed E-state index contributed by atoms with van der Waals surface area (Å²) in [5.41, 5.74) is 1.96. The summed E-state index contributed by atoms with van der Waals surface area (Å²) in [6, 6.07) is 7.84. The molecule has 9 heteroatoms. The van der Waals surface area contributed by atoms with Crippen molar-refractivity contribution in [1.29, 1.82) is 0 Å². The Morgan fingerprint density at radius 2 is 1.96 bits per heavy atom. The Hall–Kier alpha value is -2.42. The van der Waals surface area contributed by atoms with Gasteiger partial charge in [0.2, 0.25) is 5.95 Å². The molecule has 0 amide bonds. The van der Waals surface area contributed by atoms with E-state index in [0.717, 1.165) is 11.4 Å². The fraction of sp³-hybridized carbons (Fsp3) is 0.471. The summed E-state index contributed by atoms with van der Waals surface area (Å²) in [5, 5.41) is 11.2. The van der Waals surface area contributed by atoms with Gasteiger partial charge in [-0.05, 0) is 37.6 Å². The van der Waals surface area contributed by atoms with E-state index in [0.29, 0.717) is 24.7 Å². The zero-order valence-corrected chi connectivity index (χ0v) is 16.1. The second kappa shape index (κ2) is 7.45. The molecule has 2 aromatic rings. The second-order valence-corrected chi connectivity index (χ2v) is 8.78. The van der Waals surface area contributed by atoms with Gasteiger partial charge in [0.1, 0.15) is 0 Å². The van der Waals surface area contributed by atoms with E-state index in [2.05, 4.69) is 20.5 Å². The number of sulfone groups is 1. The van der Waals surface area contributed by atoms with Crippen LogP contribution < -0.4 is 15.1 Å². The van der Waals surface area contributed by atoms with Gasteiger partial charge in [0.05, 0.1) is 17.7 Å². The quantitative estimate of drug-likeness (QED) is 0.814. The Labute approximate surface area is 154 Å². The van der Waals surface area contributed by atoms with Gasteiger partial charge in [-0.15, -0.1) is 5.10 Å². The number of aromatic nitrogens is 3. The van der Waals surface area contributed by atoms with Crippen molar-refractivity contribution in [2.75, 3.05) is 47.3 Å². The van der Waals surface area contributed by atoms with Gasteiger partial charge in [0.25, 0.3) is 0 Å². The topological polar surface area (TPSA) is 91.3 Å². The molecule has 1 fully saturated rings. The molecule has 1 aromatic heterocycles. The fourth-order valence-corrected chi connectivity index (χ4v) is 4.82. The number of nitrogens with zero attached hydrogens (tertiary/aromatic N) is 5. The predicted molar refractivity (Wildman–Crippen MR) is 104 cm³/mol. The average Bonchev–Trinajstić information content (AvgIpc) is 2.96. The molecule has 0 aliphatic carbocycles. The predicted octanol–water partition coefficient (Wildman–Crippen LogP) is 1.69. The van der Waals surface area contributed by atoms with Gasteiger partial charge in [-0.3, -0.25) is 0 Å². The minimum absolute atomic E-state index is 0.0612. The van der Waals surface area contributed by atoms with Gasteiger partial charge in [-0.1, -0.05) is 0 Å². The van der Waals surface area contributed by atoms with E-state index < -0.39 is 9.84 Å². The molecule has 0 saturated carbocycles. The molecular weight excluding hydrogens is 352 g/mol. The highest BCUT2D eigenvalue weighted by Gasteiger charge is 2.32. The Kier molecular flexibility index (Phi) is 5.26. The van der Waals surface area contributed by atoms with Crippen LogP contribution in [0.5, 0.6) is 0 Å². The van der Waals surface area contributed by atoms with Crippen molar-refractivity contribution in [3.63, 3.8) is 0 Å². The highest BCUT2D eigenvalue weighted by Crippen LogP contribution is 2.24. The molecule has 3 rings (SSSR count). The largest absolute Gasteiger partial charge is 0.378 e. The van der Waals surface area contributed by atoms with Crippen molar-refractivity contribution in [2.45, 2.75) is 19.4 Å². The van der Waals surface area contributed by atoms with E-state index in [1.807, 2.05) is 55.1 Å². The second-order valence-electron chi connectivity index (χ2n) is 6.55. The lowest BCUT2D eigenvalue weighted by Gasteiger charge is -2.27. The van der Waals surface area contributed by atoms with Crippen LogP contribution in [0.25, 0.3) is 0 Å². The lowest BCUT2D eigenvalue weighted by atomic mass is 10.2. The van der Waals surface area contributed by atoms with Crippen LogP contribution in [-0.2, 0) is 9.84 Å². The third-order valence-corrected chi connectivity index (χ3v) is 6.22. The Morgan fingerprint density at radius 1 is 1.23 bits per heavy atom. The minimum atomic E-state index is -2.95. The van der Waals surface area contributed by atoms with Gasteiger partial charge < -0.3 is 15.1 Å². The van der Waals surface area contributed by atoms with Crippen LogP contribution in [0.1, 0.15) is 13.3 Å². The summed E-state index contributed by atoms with van der Waals surface area (Å²) in [5.74, 6) is 1.42. The van der Waals surface area contributed by atoms with Crippen molar-refractivity contribution in [1.82, 2.24) is 15.2 Å². The summed E-state index contributed by atoms with van der Waals surface area (Å²) < 4.78 is 23.6. The number of benzene rings is 1. The molecule has 2 heterocycles. The molecule has 8 nitrogen and oxygen atoms in total. The highest BCUT2D eigenvalue weighted by atomic mass is 32.2. The zero-order chi connectivity index (χ0) is 18.7. The number of nitrogens with one attached hydrogen (secondary N) is 1. The standard InChI is InChI=1S/C17H24N6O2S/c1-4-23(15-9-10-26(24,25)12-15)16-11-18-21-17(20-16)19-13-5-7-14(8-6-13)22(2)3/h5-8,11,15H,4,9-10,12H2,1-3H3,(H,19,20,21). The Morgan fingerprint density at radius 3 is 2.54 bits per heavy atom. The highest BCUT2D eigenvalue weighted by molar-refractivity contribution is 7.91. The molecule has 0 spiro atoms. The van der Waals surface area contributed by atoms with E-state index in [-0.39, 0.29) is 17.5 Å². The minimum Gasteiger partial charge on any atom is -0.378 e. The number of hydrogen-bond acceptors (Lipinski definition) is 8. The van der Waals surface area contributed by atoms with Crippen LogP contribution in [0.4, 0.5) is 23.1 Å². The first-order chi connectivity index (χ1) is 12.4. The molecule has 1 unspecified atom stereocenters. The maximum Gasteiger partial charge on any atom is 0.249 e. The third-order valence-electron chi connectivity index (χ3n) is 4.47. The van der Waals surface area contributed by atoms with Crippen LogP contribution in [0.15, 0.2) is 30.5 Å². The summed E-state index contributed by atoms with van der Waals surface area (Å²) >= 11 is 0. The van der Waals surface area contributed by atoms with Gasteiger partial charge >= 0.3 is 0 Å². The maximum atomic E-state index is 11.8. The molecule has 1 aromatic carbocycles. The zero-order valence-electron chi connectivity index (χ0n) is 15.3. The number of hydrogen-bond donors (Lipinski definition) is 1. The van der Waals surface area contributed by atoms with Crippen LogP contribution in [0.2, 0.25) is 0 Å². The SMILES string of the molecule is CCN(c1cnnc(Nc2ccc(N(C)C)cc2)n1)C1CCS(=O)(=O)C1. The van der Waals surface area contributed by atoms with E-state index in [4.69, 9.17) is 0 Å². The number of rotatable bonds is 6. The van der Waals surface area contributed by atoms with E-state index in [1.54, 1.807) is 6.20 Å². The Bertz CT molecular complexity index is 854. The average molecular weight is 376 g/mol. The van der Waals surface area contributed by atoms with E-state index in [9.17, 15) is 8.42 Å². The van der Waals surface area contributed by atoms with Crippen molar-refractivity contribution in [3.05, 3.63) is 30.5 Å². The normalized spacial score (nSPS) is 18.5. The van der Waals surface area contributed by atoms with Crippen LogP contribution in [-0.4, -0.2) is 61.8 Å². The maximum absolute atomic E-state index is 11.8. The lowest BCUT2D eigenvalue weighted by Crippen LogP contribution is -2.37. The van der Waals surface area contributed by atoms with Gasteiger partial charge in [-0.2, -0.15) is 10.1 Å². The first-order valence-corrected chi connectivity index (χ1v) is 10.4. The van der Waals surface area contributed by atoms with Crippen molar-refractivity contribution >= 4 is 33.0 Å². The first kappa shape index (κ1) is 18.4. The number of anilines is 4. The molecule has 1 aliphatic heterocycles. The monoisotopic (exact) mass is 376 g/mol. The summed E-state index contributed by atoms with van der Waals surface area (Å²) in [7, 11) is 1.02. The van der Waals surface area contributed by atoms with Crippen molar-refractivity contribution < 1.29 is 8.42 Å². The molecule has 26 heavy (non-hydrogen) atoms. The molecule has 1 aliphatic rings.